The summed E-state index contributed by atoms with van der Waals surface area (Å²) in [6, 6.07) is 26.9. The molecule has 0 radical (unpaired) electrons. The zero-order chi connectivity index (χ0) is 27.9. The van der Waals surface area contributed by atoms with Crippen molar-refractivity contribution in [3.63, 3.8) is 0 Å². The fraction of sp³-hybridized carbons (Fsp3) is 0.257. The zero-order valence-electron chi connectivity index (χ0n) is 23.7. The van der Waals surface area contributed by atoms with Crippen molar-refractivity contribution in [1.82, 2.24) is 5.32 Å². The zero-order valence-corrected chi connectivity index (χ0v) is 23.7. The van der Waals surface area contributed by atoms with Crippen molar-refractivity contribution in [3.05, 3.63) is 124 Å². The van der Waals surface area contributed by atoms with Crippen LogP contribution in [0.1, 0.15) is 45.0 Å². The van der Waals surface area contributed by atoms with Gasteiger partial charge in [0.15, 0.2) is 23.0 Å². The molecule has 1 N–H and O–H groups in total. The molecule has 0 saturated carbocycles. The van der Waals surface area contributed by atoms with Gasteiger partial charge in [0.1, 0.15) is 13.2 Å². The molecule has 1 heterocycles. The van der Waals surface area contributed by atoms with E-state index in [1.807, 2.05) is 24.3 Å². The molecule has 5 rings (SSSR count). The van der Waals surface area contributed by atoms with Gasteiger partial charge >= 0.3 is 0 Å². The van der Waals surface area contributed by atoms with Gasteiger partial charge in [-0.05, 0) is 77.9 Å². The normalized spacial score (nSPS) is 14.6. The summed E-state index contributed by atoms with van der Waals surface area (Å²) in [6.07, 6.45) is 5.30. The van der Waals surface area contributed by atoms with Crippen LogP contribution in [0.2, 0.25) is 0 Å². The fourth-order valence-electron chi connectivity index (χ4n) is 5.07. The summed E-state index contributed by atoms with van der Waals surface area (Å²) in [5.74, 6) is 2.98. The van der Waals surface area contributed by atoms with Crippen molar-refractivity contribution in [2.45, 2.75) is 39.5 Å². The first-order valence-electron chi connectivity index (χ1n) is 13.7. The van der Waals surface area contributed by atoms with Crippen molar-refractivity contribution in [3.8, 4) is 23.0 Å². The average Bonchev–Trinajstić information content (AvgIpc) is 2.98. The Kier molecular flexibility index (Phi) is 8.72. The lowest BCUT2D eigenvalue weighted by Crippen LogP contribution is -2.28. The molecule has 0 fully saturated rings. The summed E-state index contributed by atoms with van der Waals surface area (Å²) < 4.78 is 23.7. The number of rotatable bonds is 10. The number of hydrogen-bond acceptors (Lipinski definition) is 5. The van der Waals surface area contributed by atoms with Gasteiger partial charge in [0, 0.05) is 6.54 Å². The van der Waals surface area contributed by atoms with E-state index in [0.717, 1.165) is 58.2 Å². The minimum absolute atomic E-state index is 0.0546. The Balaban J connectivity index is 1.36. The highest BCUT2D eigenvalue weighted by Crippen LogP contribution is 2.37. The molecule has 0 amide bonds. The van der Waals surface area contributed by atoms with Gasteiger partial charge in [0.25, 0.3) is 0 Å². The lowest BCUT2D eigenvalue weighted by atomic mass is 9.92. The lowest BCUT2D eigenvalue weighted by Gasteiger charge is -2.26. The third kappa shape index (κ3) is 6.49. The van der Waals surface area contributed by atoms with Crippen molar-refractivity contribution >= 4 is 6.08 Å². The van der Waals surface area contributed by atoms with Gasteiger partial charge in [-0.2, -0.15) is 0 Å². The second kappa shape index (κ2) is 12.8. The maximum Gasteiger partial charge on any atom is 0.162 e. The van der Waals surface area contributed by atoms with Gasteiger partial charge in [0.05, 0.1) is 20.3 Å². The average molecular weight is 536 g/mol. The van der Waals surface area contributed by atoms with Gasteiger partial charge in [-0.3, -0.25) is 0 Å². The number of ether oxygens (including phenoxy) is 4. The lowest BCUT2D eigenvalue weighted by molar-refractivity contribution is 0.283. The molecule has 1 aliphatic rings. The number of methoxy groups -OCH3 is 2. The molecule has 206 valence electrons. The van der Waals surface area contributed by atoms with E-state index in [9.17, 15) is 0 Å². The summed E-state index contributed by atoms with van der Waals surface area (Å²) >= 11 is 0. The SMILES string of the molecule is COc1cc(C)c(/C=C/C2NCCc3cc(OCc4ccccc4)c(OC)cc32)cc1OCc1cccc(C)c1. The predicted molar refractivity (Wildman–Crippen MR) is 160 cm³/mol. The number of aryl methyl sites for hydroxylation is 2. The van der Waals surface area contributed by atoms with Crippen molar-refractivity contribution in [2.24, 2.45) is 0 Å². The van der Waals surface area contributed by atoms with Crippen LogP contribution in [0.3, 0.4) is 0 Å². The molecule has 0 aliphatic carbocycles. The van der Waals surface area contributed by atoms with E-state index in [0.29, 0.717) is 13.2 Å². The summed E-state index contributed by atoms with van der Waals surface area (Å²) in [5.41, 5.74) is 8.15. The first kappa shape index (κ1) is 27.4. The summed E-state index contributed by atoms with van der Waals surface area (Å²) in [5, 5.41) is 3.64. The number of fused-ring (bicyclic) bond motifs is 1. The molecular formula is C35H37NO4. The summed E-state index contributed by atoms with van der Waals surface area (Å²) in [6.45, 7) is 6.05. The van der Waals surface area contributed by atoms with Gasteiger partial charge in [-0.15, -0.1) is 0 Å². The van der Waals surface area contributed by atoms with E-state index in [4.69, 9.17) is 18.9 Å². The Morgan fingerprint density at radius 2 is 1.45 bits per heavy atom. The molecule has 1 aliphatic heterocycles. The maximum absolute atomic E-state index is 6.21. The number of benzene rings is 4. The monoisotopic (exact) mass is 535 g/mol. The van der Waals surface area contributed by atoms with E-state index >= 15 is 0 Å². The quantitative estimate of drug-likeness (QED) is 0.230. The minimum Gasteiger partial charge on any atom is -0.493 e. The highest BCUT2D eigenvalue weighted by Gasteiger charge is 2.21. The van der Waals surface area contributed by atoms with Gasteiger partial charge in [-0.1, -0.05) is 72.3 Å². The highest BCUT2D eigenvalue weighted by atomic mass is 16.5. The molecule has 1 atom stereocenters. The van der Waals surface area contributed by atoms with Crippen LogP contribution in [0, 0.1) is 13.8 Å². The van der Waals surface area contributed by atoms with Crippen LogP contribution in [0.15, 0.2) is 84.9 Å². The molecule has 4 aromatic rings. The highest BCUT2D eigenvalue weighted by molar-refractivity contribution is 5.61. The third-order valence-electron chi connectivity index (χ3n) is 7.25. The first-order valence-corrected chi connectivity index (χ1v) is 13.7. The molecule has 0 saturated heterocycles. The smallest absolute Gasteiger partial charge is 0.162 e. The molecule has 0 aromatic heterocycles. The molecular weight excluding hydrogens is 498 g/mol. The maximum atomic E-state index is 6.21. The third-order valence-corrected chi connectivity index (χ3v) is 7.25. The first-order chi connectivity index (χ1) is 19.5. The molecule has 40 heavy (non-hydrogen) atoms. The molecule has 4 aromatic carbocycles. The Labute approximate surface area is 237 Å². The van der Waals surface area contributed by atoms with Crippen LogP contribution in [0.4, 0.5) is 0 Å². The van der Waals surface area contributed by atoms with Crippen molar-refractivity contribution < 1.29 is 18.9 Å². The van der Waals surface area contributed by atoms with Crippen LogP contribution < -0.4 is 24.3 Å². The van der Waals surface area contributed by atoms with E-state index < -0.39 is 0 Å². The molecule has 0 bridgehead atoms. The van der Waals surface area contributed by atoms with Gasteiger partial charge in [0.2, 0.25) is 0 Å². The van der Waals surface area contributed by atoms with E-state index in [2.05, 4.69) is 85.9 Å². The number of nitrogens with one attached hydrogen (secondary N) is 1. The predicted octanol–water partition coefficient (Wildman–Crippen LogP) is 7.38. The second-order valence-electron chi connectivity index (χ2n) is 10.2. The standard InChI is InChI=1S/C35H37NO4/c1-24-9-8-12-27(17-24)23-40-34-19-28(25(2)18-32(34)37-3)13-14-31-30-21-33(38-4)35(20-29(30)15-16-36-31)39-22-26-10-6-5-7-11-26/h5-14,17-21,31,36H,15-16,22-23H2,1-4H3/b14-13+. The van der Waals surface area contributed by atoms with E-state index in [-0.39, 0.29) is 6.04 Å². The molecule has 1 unspecified atom stereocenters. The van der Waals surface area contributed by atoms with E-state index in [1.54, 1.807) is 14.2 Å². The Hall–Kier alpha value is -4.22. The van der Waals surface area contributed by atoms with Crippen LogP contribution in [-0.2, 0) is 19.6 Å². The Bertz CT molecular complexity index is 1480. The number of hydrogen-bond donors (Lipinski definition) is 1. The molecule has 0 spiro atoms. The molecule has 5 nitrogen and oxygen atoms in total. The fourth-order valence-corrected chi connectivity index (χ4v) is 5.07. The van der Waals surface area contributed by atoms with Crippen LogP contribution in [0.25, 0.3) is 6.08 Å². The van der Waals surface area contributed by atoms with Crippen molar-refractivity contribution in [1.29, 1.82) is 0 Å². The molecule has 5 heteroatoms. The topological polar surface area (TPSA) is 49.0 Å². The van der Waals surface area contributed by atoms with Gasteiger partial charge in [-0.25, -0.2) is 0 Å². The van der Waals surface area contributed by atoms with E-state index in [1.165, 1.54) is 16.7 Å². The Morgan fingerprint density at radius 3 is 2.20 bits per heavy atom. The largest absolute Gasteiger partial charge is 0.493 e. The van der Waals surface area contributed by atoms with Crippen molar-refractivity contribution in [2.75, 3.05) is 20.8 Å². The van der Waals surface area contributed by atoms with Crippen LogP contribution in [-0.4, -0.2) is 20.8 Å². The summed E-state index contributed by atoms with van der Waals surface area (Å²) in [4.78, 5) is 0. The second-order valence-corrected chi connectivity index (χ2v) is 10.2. The summed E-state index contributed by atoms with van der Waals surface area (Å²) in [7, 11) is 3.37. The Morgan fingerprint density at radius 1 is 0.750 bits per heavy atom. The van der Waals surface area contributed by atoms with Crippen LogP contribution in [0.5, 0.6) is 23.0 Å². The minimum atomic E-state index is 0.0546. The van der Waals surface area contributed by atoms with Gasteiger partial charge < -0.3 is 24.3 Å². The van der Waals surface area contributed by atoms with Crippen LogP contribution >= 0.6 is 0 Å².